The first-order chi connectivity index (χ1) is 10.3. The lowest BCUT2D eigenvalue weighted by molar-refractivity contribution is 1.24. The molecule has 0 radical (unpaired) electrons. The first-order valence-electron chi connectivity index (χ1n) is 6.69. The molecule has 0 saturated heterocycles. The number of hydrogen-bond donors (Lipinski definition) is 0. The highest BCUT2D eigenvalue weighted by Crippen LogP contribution is 2.32. The minimum absolute atomic E-state index is 0.665. The van der Waals surface area contributed by atoms with Crippen molar-refractivity contribution in [3.63, 3.8) is 0 Å². The number of rotatable bonds is 3. The molecular weight excluding hydrogens is 256 g/mol. The Bertz CT molecular complexity index is 933. The first-order valence-corrected chi connectivity index (χ1v) is 6.69. The van der Waals surface area contributed by atoms with Crippen LogP contribution in [0, 0.1) is 11.3 Å². The molecule has 0 atom stereocenters. The molecule has 0 amide bonds. The fourth-order valence-electron chi connectivity index (χ4n) is 2.68. The van der Waals surface area contributed by atoms with Crippen molar-refractivity contribution in [2.45, 2.75) is 0 Å². The largest absolute Gasteiger partial charge is 0.309 e. The number of nitrogens with zero attached hydrogens (tertiary/aromatic N) is 2. The van der Waals surface area contributed by atoms with Crippen molar-refractivity contribution >= 4 is 27.5 Å². The molecule has 0 bridgehead atoms. The van der Waals surface area contributed by atoms with Crippen LogP contribution in [0.15, 0.2) is 73.9 Å². The van der Waals surface area contributed by atoms with E-state index in [1.807, 2.05) is 42.5 Å². The molecule has 21 heavy (non-hydrogen) atoms. The predicted molar refractivity (Wildman–Crippen MR) is 88.8 cm³/mol. The van der Waals surface area contributed by atoms with Crippen LogP contribution in [-0.4, -0.2) is 4.57 Å². The average Bonchev–Trinajstić information content (AvgIpc) is 2.86. The highest BCUT2D eigenvalue weighted by molar-refractivity contribution is 6.10. The summed E-state index contributed by atoms with van der Waals surface area (Å²) in [6.45, 7) is 7.66. The van der Waals surface area contributed by atoms with Gasteiger partial charge in [-0.2, -0.15) is 5.26 Å². The Morgan fingerprint density at radius 2 is 1.81 bits per heavy atom. The average molecular weight is 270 g/mol. The molecular formula is C19H14N2. The molecule has 2 heteroatoms. The second-order valence-corrected chi connectivity index (χ2v) is 4.73. The summed E-state index contributed by atoms with van der Waals surface area (Å²) in [5.41, 5.74) is 3.78. The van der Waals surface area contributed by atoms with Crippen LogP contribution < -0.4 is 0 Å². The number of hydrogen-bond acceptors (Lipinski definition) is 1. The molecule has 0 N–H and O–H groups in total. The van der Waals surface area contributed by atoms with Gasteiger partial charge in [0.05, 0.1) is 22.7 Å². The maximum Gasteiger partial charge on any atom is 0.0991 e. The van der Waals surface area contributed by atoms with Crippen LogP contribution >= 0.6 is 0 Å². The fourth-order valence-corrected chi connectivity index (χ4v) is 2.68. The molecule has 100 valence electrons. The van der Waals surface area contributed by atoms with E-state index in [1.165, 1.54) is 0 Å². The SMILES string of the molecule is C=CC=C(C=C)n1c2ccccc2c2cc(C#N)ccc21. The Morgan fingerprint density at radius 1 is 1.05 bits per heavy atom. The van der Waals surface area contributed by atoms with Crippen molar-refractivity contribution in [2.24, 2.45) is 0 Å². The van der Waals surface area contributed by atoms with Crippen LogP contribution in [0.4, 0.5) is 0 Å². The van der Waals surface area contributed by atoms with Gasteiger partial charge in [0.25, 0.3) is 0 Å². The normalized spacial score (nSPS) is 11.5. The van der Waals surface area contributed by atoms with E-state index in [0.29, 0.717) is 5.56 Å². The third-order valence-corrected chi connectivity index (χ3v) is 3.56. The van der Waals surface area contributed by atoms with Crippen molar-refractivity contribution in [1.29, 1.82) is 5.26 Å². The zero-order valence-corrected chi connectivity index (χ0v) is 11.6. The molecule has 3 rings (SSSR count). The number of aromatic nitrogens is 1. The second kappa shape index (κ2) is 5.15. The van der Waals surface area contributed by atoms with Gasteiger partial charge in [-0.1, -0.05) is 37.4 Å². The lowest BCUT2D eigenvalue weighted by Crippen LogP contribution is -1.93. The Hall–Kier alpha value is -3.05. The van der Waals surface area contributed by atoms with Gasteiger partial charge in [0, 0.05) is 16.5 Å². The smallest absolute Gasteiger partial charge is 0.0991 e. The van der Waals surface area contributed by atoms with Gasteiger partial charge in [0.1, 0.15) is 0 Å². The first kappa shape index (κ1) is 13.0. The minimum Gasteiger partial charge on any atom is -0.309 e. The molecule has 0 aliphatic rings. The van der Waals surface area contributed by atoms with E-state index in [0.717, 1.165) is 27.5 Å². The maximum absolute atomic E-state index is 9.12. The molecule has 2 aromatic carbocycles. The van der Waals surface area contributed by atoms with Crippen LogP contribution in [-0.2, 0) is 0 Å². The van der Waals surface area contributed by atoms with Gasteiger partial charge in [-0.3, -0.25) is 0 Å². The fraction of sp³-hybridized carbons (Fsp3) is 0. The molecule has 0 aliphatic heterocycles. The van der Waals surface area contributed by atoms with Gasteiger partial charge in [0.2, 0.25) is 0 Å². The summed E-state index contributed by atoms with van der Waals surface area (Å²) < 4.78 is 2.14. The highest BCUT2D eigenvalue weighted by Gasteiger charge is 2.12. The van der Waals surface area contributed by atoms with E-state index in [9.17, 15) is 0 Å². The summed E-state index contributed by atoms with van der Waals surface area (Å²) in [7, 11) is 0. The quantitative estimate of drug-likeness (QED) is 0.623. The Kier molecular flexibility index (Phi) is 3.17. The van der Waals surface area contributed by atoms with Crippen LogP contribution in [0.1, 0.15) is 5.56 Å². The van der Waals surface area contributed by atoms with E-state index in [4.69, 9.17) is 5.26 Å². The lowest BCUT2D eigenvalue weighted by Gasteiger charge is -2.07. The third kappa shape index (κ3) is 1.96. The molecule has 1 aromatic heterocycles. The summed E-state index contributed by atoms with van der Waals surface area (Å²) in [4.78, 5) is 0. The van der Waals surface area contributed by atoms with Gasteiger partial charge in [-0.15, -0.1) is 0 Å². The van der Waals surface area contributed by atoms with Crippen molar-refractivity contribution in [2.75, 3.05) is 0 Å². The standard InChI is InChI=1S/C19H14N2/c1-3-7-15(4-2)21-18-9-6-5-8-16(18)17-12-14(13-20)10-11-19(17)21/h3-12H,1-2H2. The molecule has 1 heterocycles. The molecule has 2 nitrogen and oxygen atoms in total. The summed E-state index contributed by atoms with van der Waals surface area (Å²) >= 11 is 0. The molecule has 3 aromatic rings. The van der Waals surface area contributed by atoms with E-state index in [2.05, 4.69) is 35.9 Å². The number of allylic oxidation sites excluding steroid dienone is 4. The van der Waals surface area contributed by atoms with Crippen LogP contribution in [0.25, 0.3) is 27.5 Å². The topological polar surface area (TPSA) is 28.7 Å². The minimum atomic E-state index is 0.665. The molecule has 0 fully saturated rings. The van der Waals surface area contributed by atoms with E-state index in [1.54, 1.807) is 6.08 Å². The van der Waals surface area contributed by atoms with Gasteiger partial charge in [0.15, 0.2) is 0 Å². The summed E-state index contributed by atoms with van der Waals surface area (Å²) in [5.74, 6) is 0. The maximum atomic E-state index is 9.12. The van der Waals surface area contributed by atoms with Gasteiger partial charge in [-0.05, 0) is 36.4 Å². The summed E-state index contributed by atoms with van der Waals surface area (Å²) in [6, 6.07) is 16.1. The van der Waals surface area contributed by atoms with Crippen LogP contribution in [0.2, 0.25) is 0 Å². The Labute approximate surface area is 123 Å². The van der Waals surface area contributed by atoms with Crippen LogP contribution in [0.3, 0.4) is 0 Å². The van der Waals surface area contributed by atoms with E-state index in [-0.39, 0.29) is 0 Å². The van der Waals surface area contributed by atoms with Crippen molar-refractivity contribution < 1.29 is 0 Å². The lowest BCUT2D eigenvalue weighted by atomic mass is 10.1. The van der Waals surface area contributed by atoms with E-state index >= 15 is 0 Å². The second-order valence-electron chi connectivity index (χ2n) is 4.73. The highest BCUT2D eigenvalue weighted by atomic mass is 15.0. The van der Waals surface area contributed by atoms with Gasteiger partial charge >= 0.3 is 0 Å². The Balaban J connectivity index is 2.52. The number of benzene rings is 2. The monoisotopic (exact) mass is 270 g/mol. The molecule has 0 unspecified atom stereocenters. The molecule has 0 spiro atoms. The number of para-hydroxylation sites is 1. The Morgan fingerprint density at radius 3 is 2.52 bits per heavy atom. The van der Waals surface area contributed by atoms with Crippen molar-refractivity contribution in [3.05, 3.63) is 79.4 Å². The van der Waals surface area contributed by atoms with Crippen molar-refractivity contribution in [1.82, 2.24) is 4.57 Å². The summed E-state index contributed by atoms with van der Waals surface area (Å²) in [5, 5.41) is 11.3. The van der Waals surface area contributed by atoms with Crippen LogP contribution in [0.5, 0.6) is 0 Å². The number of nitriles is 1. The molecule has 0 aliphatic carbocycles. The number of fused-ring (bicyclic) bond motifs is 3. The molecule has 0 saturated carbocycles. The third-order valence-electron chi connectivity index (χ3n) is 3.56. The van der Waals surface area contributed by atoms with E-state index < -0.39 is 0 Å². The zero-order chi connectivity index (χ0) is 14.8. The van der Waals surface area contributed by atoms with Crippen molar-refractivity contribution in [3.8, 4) is 6.07 Å². The van der Waals surface area contributed by atoms with Gasteiger partial charge < -0.3 is 4.57 Å². The summed E-state index contributed by atoms with van der Waals surface area (Å²) in [6.07, 6.45) is 5.49. The predicted octanol–water partition coefficient (Wildman–Crippen LogP) is 4.88. The zero-order valence-electron chi connectivity index (χ0n) is 11.6. The van der Waals surface area contributed by atoms with Gasteiger partial charge in [-0.25, -0.2) is 0 Å².